The summed E-state index contributed by atoms with van der Waals surface area (Å²) < 4.78 is 35.0. The number of thiol groups is 1. The van der Waals surface area contributed by atoms with Gasteiger partial charge >= 0.3 is 12.4 Å². The van der Waals surface area contributed by atoms with E-state index in [-0.39, 0.29) is 6.61 Å². The molecule has 2 aliphatic rings. The number of rotatable bonds is 6. The second-order valence-electron chi connectivity index (χ2n) is 7.15. The summed E-state index contributed by atoms with van der Waals surface area (Å²) in [5, 5.41) is 0. The topological polar surface area (TPSA) is 118 Å². The lowest BCUT2D eigenvalue weighted by atomic mass is 10.2. The molecule has 1 aromatic rings. The second kappa shape index (κ2) is 8.65. The molecule has 11 nitrogen and oxygen atoms in total. The SMILES string of the molecule is COC1C[C@H](n2cc(C)c(=O)[nH]c2=O)O[C@@H]1COP(=O)(S)N=C1N(C)CCN1C. The summed E-state index contributed by atoms with van der Waals surface area (Å²) in [7, 11) is 5.23. The minimum Gasteiger partial charge on any atom is -0.378 e. The van der Waals surface area contributed by atoms with Crippen LogP contribution in [0.15, 0.2) is 20.5 Å². The Kier molecular flexibility index (Phi) is 6.59. The largest absolute Gasteiger partial charge is 0.378 e. The number of aryl methyl sites for hydroxylation is 1. The van der Waals surface area contributed by atoms with Gasteiger partial charge in [0.05, 0.1) is 12.7 Å². The summed E-state index contributed by atoms with van der Waals surface area (Å²) in [6, 6.07) is 0. The van der Waals surface area contributed by atoms with Gasteiger partial charge in [0.15, 0.2) is 0 Å². The van der Waals surface area contributed by atoms with Crippen molar-refractivity contribution in [3.63, 3.8) is 0 Å². The molecule has 3 rings (SSSR count). The van der Waals surface area contributed by atoms with Gasteiger partial charge in [0.25, 0.3) is 5.56 Å². The van der Waals surface area contributed by atoms with Crippen LogP contribution in [0.25, 0.3) is 0 Å². The Morgan fingerprint density at radius 2 is 2.00 bits per heavy atom. The maximum absolute atomic E-state index is 12.7. The number of H-pyrrole nitrogens is 1. The Labute approximate surface area is 173 Å². The first-order valence-electron chi connectivity index (χ1n) is 9.11. The fourth-order valence-corrected chi connectivity index (χ4v) is 4.70. The van der Waals surface area contributed by atoms with Crippen LogP contribution in [0, 0.1) is 6.92 Å². The third-order valence-corrected chi connectivity index (χ3v) is 6.55. The maximum atomic E-state index is 12.7. The first kappa shape index (κ1) is 22.1. The zero-order valence-corrected chi connectivity index (χ0v) is 18.6. The Hall–Kier alpha value is -1.59. The Morgan fingerprint density at radius 3 is 2.62 bits per heavy atom. The highest BCUT2D eigenvalue weighted by Crippen LogP contribution is 2.54. The lowest BCUT2D eigenvalue weighted by Gasteiger charge is -2.20. The third-order valence-electron chi connectivity index (χ3n) is 5.02. The number of nitrogens with zero attached hydrogens (tertiary/aromatic N) is 4. The molecule has 1 N–H and O–H groups in total. The van der Waals surface area contributed by atoms with Crippen molar-refractivity contribution in [1.82, 2.24) is 19.4 Å². The van der Waals surface area contributed by atoms with Gasteiger partial charge in [-0.2, -0.15) is 4.76 Å². The van der Waals surface area contributed by atoms with Crippen molar-refractivity contribution in [2.75, 3.05) is 40.9 Å². The number of ether oxygens (including phenoxy) is 2. The third kappa shape index (κ3) is 4.95. The zero-order chi connectivity index (χ0) is 21.3. The van der Waals surface area contributed by atoms with Crippen LogP contribution in [-0.2, 0) is 18.6 Å². The molecule has 13 heteroatoms. The van der Waals surface area contributed by atoms with E-state index in [0.29, 0.717) is 17.9 Å². The molecule has 2 fully saturated rings. The predicted octanol–water partition coefficient (Wildman–Crippen LogP) is 0.435. The number of hydrogen-bond acceptors (Lipinski definition) is 6. The van der Waals surface area contributed by atoms with Crippen LogP contribution in [0.2, 0.25) is 0 Å². The summed E-state index contributed by atoms with van der Waals surface area (Å²) in [6.07, 6.45) is 0.200. The Morgan fingerprint density at radius 1 is 1.34 bits per heavy atom. The van der Waals surface area contributed by atoms with E-state index in [2.05, 4.69) is 22.0 Å². The van der Waals surface area contributed by atoms with Crippen LogP contribution in [0.4, 0.5) is 0 Å². The van der Waals surface area contributed by atoms with E-state index in [4.69, 9.17) is 14.0 Å². The van der Waals surface area contributed by atoms with Gasteiger partial charge in [0.1, 0.15) is 12.3 Å². The molecular weight excluding hydrogens is 421 g/mol. The molecule has 0 amide bonds. The van der Waals surface area contributed by atoms with Crippen molar-refractivity contribution in [3.05, 3.63) is 32.6 Å². The van der Waals surface area contributed by atoms with Gasteiger partial charge in [-0.3, -0.25) is 18.9 Å². The fourth-order valence-electron chi connectivity index (χ4n) is 3.33. The fraction of sp³-hybridized carbons (Fsp3) is 0.688. The monoisotopic (exact) mass is 447 g/mol. The second-order valence-corrected chi connectivity index (χ2v) is 10.1. The van der Waals surface area contributed by atoms with E-state index in [1.54, 1.807) is 6.92 Å². The number of guanidine groups is 1. The van der Waals surface area contributed by atoms with E-state index in [1.165, 1.54) is 17.9 Å². The predicted molar refractivity (Wildman–Crippen MR) is 111 cm³/mol. The van der Waals surface area contributed by atoms with Crippen molar-refractivity contribution < 1.29 is 18.6 Å². The van der Waals surface area contributed by atoms with E-state index in [1.807, 2.05) is 23.9 Å². The summed E-state index contributed by atoms with van der Waals surface area (Å²) in [5.41, 5.74) is -0.618. The van der Waals surface area contributed by atoms with Crippen LogP contribution in [0.5, 0.6) is 0 Å². The van der Waals surface area contributed by atoms with Gasteiger partial charge in [-0.1, -0.05) is 12.2 Å². The number of hydrogen-bond donors (Lipinski definition) is 2. The first-order chi connectivity index (χ1) is 13.6. The average Bonchev–Trinajstić information content (AvgIpc) is 3.21. The highest BCUT2D eigenvalue weighted by atomic mass is 32.7. The summed E-state index contributed by atoms with van der Waals surface area (Å²) in [5.74, 6) is 0.548. The number of likely N-dealkylation sites (N-methyl/N-ethyl adjacent to an activating group) is 2. The van der Waals surface area contributed by atoms with Gasteiger partial charge in [-0.25, -0.2) is 4.79 Å². The van der Waals surface area contributed by atoms with Crippen LogP contribution >= 0.6 is 19.0 Å². The molecule has 0 radical (unpaired) electrons. The molecule has 0 aromatic carbocycles. The molecular formula is C16H26N5O6PS. The molecule has 2 unspecified atom stereocenters. The molecule has 4 atom stereocenters. The van der Waals surface area contributed by atoms with Crippen molar-refractivity contribution >= 4 is 24.9 Å². The standard InChI is InChI=1S/C16H26N5O6PS/c1-10-8-21(16(23)17-14(10)22)13-7-11(25-4)12(27-13)9-26-28(24,29)18-15-19(2)5-6-20(15)3/h8,11-13H,5-7,9H2,1-4H3,(H,24,29)(H,17,22,23)/t11?,12-,13-,28?/m1/s1. The summed E-state index contributed by atoms with van der Waals surface area (Å²) in [6.45, 7) is -0.497. The number of nitrogens with one attached hydrogen (secondary N) is 1. The molecule has 2 aliphatic heterocycles. The van der Waals surface area contributed by atoms with E-state index >= 15 is 0 Å². The van der Waals surface area contributed by atoms with Crippen molar-refractivity contribution in [1.29, 1.82) is 0 Å². The molecule has 162 valence electrons. The average molecular weight is 447 g/mol. The van der Waals surface area contributed by atoms with Crippen LogP contribution in [-0.4, -0.2) is 78.4 Å². The highest BCUT2D eigenvalue weighted by Gasteiger charge is 2.38. The van der Waals surface area contributed by atoms with Crippen molar-refractivity contribution in [3.8, 4) is 0 Å². The molecule has 0 spiro atoms. The number of aromatic amines is 1. The molecule has 29 heavy (non-hydrogen) atoms. The van der Waals surface area contributed by atoms with Crippen LogP contribution in [0.1, 0.15) is 18.2 Å². The lowest BCUT2D eigenvalue weighted by Crippen LogP contribution is -2.33. The zero-order valence-electron chi connectivity index (χ0n) is 16.8. The molecule has 0 aliphatic carbocycles. The van der Waals surface area contributed by atoms with Gasteiger partial charge < -0.3 is 23.8 Å². The molecule has 0 saturated carbocycles. The van der Waals surface area contributed by atoms with Gasteiger partial charge in [0.2, 0.25) is 5.96 Å². The normalized spacial score (nSPS) is 26.8. The van der Waals surface area contributed by atoms with E-state index in [9.17, 15) is 14.2 Å². The van der Waals surface area contributed by atoms with Gasteiger partial charge in [-0.05, 0) is 6.92 Å². The van der Waals surface area contributed by atoms with Crippen LogP contribution in [0.3, 0.4) is 0 Å². The van der Waals surface area contributed by atoms with Gasteiger partial charge in [0, 0.05) is 52.5 Å². The number of methoxy groups -OCH3 is 1. The summed E-state index contributed by atoms with van der Waals surface area (Å²) >= 11 is 4.11. The first-order valence-corrected chi connectivity index (χ1v) is 11.8. The van der Waals surface area contributed by atoms with Crippen molar-refractivity contribution in [2.24, 2.45) is 4.76 Å². The summed E-state index contributed by atoms with van der Waals surface area (Å²) in [4.78, 5) is 29.7. The lowest BCUT2D eigenvalue weighted by molar-refractivity contribution is -0.0478. The molecule has 1 aromatic heterocycles. The minimum atomic E-state index is -3.57. The maximum Gasteiger partial charge on any atom is 0.372 e. The molecule has 2 saturated heterocycles. The van der Waals surface area contributed by atoms with E-state index < -0.39 is 36.4 Å². The minimum absolute atomic E-state index is 0.0723. The highest BCUT2D eigenvalue weighted by molar-refractivity contribution is 8.45. The van der Waals surface area contributed by atoms with Crippen molar-refractivity contribution in [2.45, 2.75) is 31.8 Å². The molecule has 0 bridgehead atoms. The van der Waals surface area contributed by atoms with Crippen LogP contribution < -0.4 is 11.2 Å². The quantitative estimate of drug-likeness (QED) is 0.476. The van der Waals surface area contributed by atoms with Gasteiger partial charge in [-0.15, -0.1) is 0 Å². The Bertz CT molecular complexity index is 936. The number of aromatic nitrogens is 2. The van der Waals surface area contributed by atoms with E-state index in [0.717, 1.165) is 13.1 Å². The molecule has 3 heterocycles. The smallest absolute Gasteiger partial charge is 0.372 e. The Balaban J connectivity index is 1.70.